The van der Waals surface area contributed by atoms with Crippen LogP contribution in [0.3, 0.4) is 0 Å². The number of nitrogens with one attached hydrogen (secondary N) is 2. The minimum atomic E-state index is -0.150. The largest absolute Gasteiger partial charge is 0.395 e. The summed E-state index contributed by atoms with van der Waals surface area (Å²) in [6.07, 6.45) is 1.51. The Labute approximate surface area is 112 Å². The molecule has 0 aromatic carbocycles. The quantitative estimate of drug-likeness (QED) is 0.550. The zero-order valence-corrected chi connectivity index (χ0v) is 12.5. The molecule has 4 nitrogen and oxygen atoms in total. The van der Waals surface area contributed by atoms with E-state index in [1.807, 2.05) is 0 Å². The molecular weight excluding hydrogens is 228 g/mol. The van der Waals surface area contributed by atoms with Crippen LogP contribution in [0, 0.1) is 11.8 Å². The fraction of sp³-hybridized carbons (Fsp3) is 0.929. The summed E-state index contributed by atoms with van der Waals surface area (Å²) < 4.78 is 0. The molecule has 0 aromatic rings. The van der Waals surface area contributed by atoms with Crippen molar-refractivity contribution in [3.05, 3.63) is 0 Å². The number of carbonyl (C=O) groups excluding carboxylic acids is 1. The van der Waals surface area contributed by atoms with Crippen LogP contribution in [0.4, 0.5) is 0 Å². The summed E-state index contributed by atoms with van der Waals surface area (Å²) in [7, 11) is 0. The van der Waals surface area contributed by atoms with Crippen LogP contribution in [0.5, 0.6) is 0 Å². The van der Waals surface area contributed by atoms with E-state index in [2.05, 4.69) is 45.3 Å². The first-order valence-electron chi connectivity index (χ1n) is 7.01. The molecule has 108 valence electrons. The van der Waals surface area contributed by atoms with E-state index in [9.17, 15) is 4.79 Å². The van der Waals surface area contributed by atoms with Crippen molar-refractivity contribution in [2.45, 2.75) is 53.0 Å². The van der Waals surface area contributed by atoms with Gasteiger partial charge in [0.25, 0.3) is 0 Å². The predicted octanol–water partition coefficient (Wildman–Crippen LogP) is 1.54. The Morgan fingerprint density at radius 3 is 2.33 bits per heavy atom. The molecule has 3 N–H and O–H groups in total. The number of carbonyl (C=O) groups is 1. The molecule has 0 saturated carbocycles. The van der Waals surface area contributed by atoms with E-state index in [0.717, 1.165) is 6.42 Å². The lowest BCUT2D eigenvalue weighted by molar-refractivity contribution is -0.124. The van der Waals surface area contributed by atoms with Gasteiger partial charge in [-0.15, -0.1) is 0 Å². The minimum Gasteiger partial charge on any atom is -0.395 e. The molecule has 2 unspecified atom stereocenters. The van der Waals surface area contributed by atoms with Crippen molar-refractivity contribution in [1.82, 2.24) is 10.6 Å². The lowest BCUT2D eigenvalue weighted by atomic mass is 9.76. The van der Waals surface area contributed by atoms with Crippen molar-refractivity contribution in [1.29, 1.82) is 0 Å². The smallest absolute Gasteiger partial charge is 0.221 e. The summed E-state index contributed by atoms with van der Waals surface area (Å²) in [4.78, 5) is 11.9. The van der Waals surface area contributed by atoms with Gasteiger partial charge in [0.15, 0.2) is 0 Å². The maximum atomic E-state index is 11.9. The van der Waals surface area contributed by atoms with Crippen LogP contribution >= 0.6 is 0 Å². The number of rotatable bonds is 9. The van der Waals surface area contributed by atoms with Crippen LogP contribution in [-0.2, 0) is 4.79 Å². The molecule has 0 radical (unpaired) electrons. The fourth-order valence-electron chi connectivity index (χ4n) is 2.03. The van der Waals surface area contributed by atoms with E-state index >= 15 is 0 Å². The highest BCUT2D eigenvalue weighted by atomic mass is 16.3. The summed E-state index contributed by atoms with van der Waals surface area (Å²) in [5, 5.41) is 14.8. The molecule has 0 spiro atoms. The Kier molecular flexibility index (Phi) is 8.20. The van der Waals surface area contributed by atoms with E-state index in [1.165, 1.54) is 0 Å². The normalized spacial score (nSPS) is 16.4. The van der Waals surface area contributed by atoms with Gasteiger partial charge >= 0.3 is 0 Å². The molecule has 4 heteroatoms. The predicted molar refractivity (Wildman–Crippen MR) is 75.4 cm³/mol. The highest BCUT2D eigenvalue weighted by molar-refractivity contribution is 5.77. The second kappa shape index (κ2) is 8.48. The second-order valence-electron chi connectivity index (χ2n) is 5.52. The van der Waals surface area contributed by atoms with Gasteiger partial charge in [0, 0.05) is 25.0 Å². The lowest BCUT2D eigenvalue weighted by Gasteiger charge is -2.40. The summed E-state index contributed by atoms with van der Waals surface area (Å²) in [6.45, 7) is 12.0. The Bertz CT molecular complexity index is 244. The van der Waals surface area contributed by atoms with Gasteiger partial charge in [0.2, 0.25) is 5.91 Å². The Morgan fingerprint density at radius 2 is 1.89 bits per heavy atom. The van der Waals surface area contributed by atoms with Crippen molar-refractivity contribution < 1.29 is 9.90 Å². The first-order chi connectivity index (χ1) is 8.38. The number of hydrogen-bond acceptors (Lipinski definition) is 3. The molecule has 0 aliphatic rings. The van der Waals surface area contributed by atoms with Crippen molar-refractivity contribution in [3.8, 4) is 0 Å². The lowest BCUT2D eigenvalue weighted by Crippen LogP contribution is -2.54. The Balaban J connectivity index is 4.29. The highest BCUT2D eigenvalue weighted by Gasteiger charge is 2.34. The van der Waals surface area contributed by atoms with Crippen LogP contribution in [0.1, 0.15) is 47.5 Å². The molecule has 2 atom stereocenters. The molecular formula is C14H30N2O2. The summed E-state index contributed by atoms with van der Waals surface area (Å²) in [5.41, 5.74) is -0.150. The maximum Gasteiger partial charge on any atom is 0.221 e. The number of aliphatic hydroxyl groups is 1. The van der Waals surface area contributed by atoms with Gasteiger partial charge in [0.05, 0.1) is 6.61 Å². The van der Waals surface area contributed by atoms with Crippen LogP contribution in [-0.4, -0.2) is 36.2 Å². The topological polar surface area (TPSA) is 61.4 Å². The standard InChI is InChI=1S/C14H30N2O2/c1-6-12(4)14(5,11(2)3)16-13(18)7-8-15-9-10-17/h11-12,15,17H,6-10H2,1-5H3,(H,16,18). The van der Waals surface area contributed by atoms with Gasteiger partial charge in [-0.25, -0.2) is 0 Å². The third-order valence-corrected chi connectivity index (χ3v) is 4.06. The number of aliphatic hydroxyl groups excluding tert-OH is 1. The van der Waals surface area contributed by atoms with Crippen molar-refractivity contribution in [2.24, 2.45) is 11.8 Å². The van der Waals surface area contributed by atoms with Crippen molar-refractivity contribution in [2.75, 3.05) is 19.7 Å². The SMILES string of the molecule is CCC(C)C(C)(NC(=O)CCNCCO)C(C)C. The first kappa shape index (κ1) is 17.4. The second-order valence-corrected chi connectivity index (χ2v) is 5.52. The van der Waals surface area contributed by atoms with E-state index in [1.54, 1.807) is 0 Å². The van der Waals surface area contributed by atoms with Crippen molar-refractivity contribution >= 4 is 5.91 Å². The average Bonchev–Trinajstić information content (AvgIpc) is 2.33. The average molecular weight is 258 g/mol. The van der Waals surface area contributed by atoms with Crippen LogP contribution in [0.2, 0.25) is 0 Å². The monoisotopic (exact) mass is 258 g/mol. The minimum absolute atomic E-state index is 0.0805. The third-order valence-electron chi connectivity index (χ3n) is 4.06. The van der Waals surface area contributed by atoms with Gasteiger partial charge in [-0.3, -0.25) is 4.79 Å². The van der Waals surface area contributed by atoms with Crippen LogP contribution in [0.15, 0.2) is 0 Å². The molecule has 0 rings (SSSR count). The summed E-state index contributed by atoms with van der Waals surface area (Å²) in [5.74, 6) is 0.936. The zero-order valence-electron chi connectivity index (χ0n) is 12.5. The first-order valence-corrected chi connectivity index (χ1v) is 7.01. The van der Waals surface area contributed by atoms with E-state index < -0.39 is 0 Å². The van der Waals surface area contributed by atoms with Gasteiger partial charge in [-0.05, 0) is 18.8 Å². The molecule has 0 saturated heterocycles. The number of hydrogen-bond donors (Lipinski definition) is 3. The van der Waals surface area contributed by atoms with Gasteiger partial charge < -0.3 is 15.7 Å². The zero-order chi connectivity index (χ0) is 14.2. The van der Waals surface area contributed by atoms with Gasteiger partial charge in [-0.2, -0.15) is 0 Å². The van der Waals surface area contributed by atoms with E-state index in [-0.39, 0.29) is 18.1 Å². The molecule has 0 bridgehead atoms. The highest BCUT2D eigenvalue weighted by Crippen LogP contribution is 2.28. The van der Waals surface area contributed by atoms with Crippen LogP contribution in [0.25, 0.3) is 0 Å². The molecule has 18 heavy (non-hydrogen) atoms. The Morgan fingerprint density at radius 1 is 1.28 bits per heavy atom. The number of amides is 1. The molecule has 0 heterocycles. The Hall–Kier alpha value is -0.610. The van der Waals surface area contributed by atoms with Crippen molar-refractivity contribution in [3.63, 3.8) is 0 Å². The van der Waals surface area contributed by atoms with E-state index in [0.29, 0.717) is 31.3 Å². The summed E-state index contributed by atoms with van der Waals surface area (Å²) in [6, 6.07) is 0. The molecule has 0 fully saturated rings. The van der Waals surface area contributed by atoms with Gasteiger partial charge in [0.1, 0.15) is 0 Å². The molecule has 0 aliphatic heterocycles. The van der Waals surface area contributed by atoms with Gasteiger partial charge in [-0.1, -0.05) is 34.1 Å². The third kappa shape index (κ3) is 5.36. The molecule has 1 amide bonds. The molecule has 0 aliphatic carbocycles. The fourth-order valence-corrected chi connectivity index (χ4v) is 2.03. The van der Waals surface area contributed by atoms with E-state index in [4.69, 9.17) is 5.11 Å². The summed E-state index contributed by atoms with van der Waals surface area (Å²) >= 11 is 0. The van der Waals surface area contributed by atoms with Crippen LogP contribution < -0.4 is 10.6 Å². The maximum absolute atomic E-state index is 11.9. The molecule has 0 aromatic heterocycles.